The first-order valence-electron chi connectivity index (χ1n) is 8.25. The molecule has 3 rings (SSSR count). The molecule has 2 aromatic carbocycles. The number of carbonyl (C=O) groups is 2. The molecule has 1 aliphatic rings. The highest BCUT2D eigenvalue weighted by atomic mass is 127. The third-order valence-corrected chi connectivity index (χ3v) is 6.46. The third-order valence-electron chi connectivity index (χ3n) is 3.95. The number of hydrogen-bond acceptors (Lipinski definition) is 4. The molecule has 0 aromatic heterocycles. The molecule has 0 radical (unpaired) electrons. The van der Waals surface area contributed by atoms with Crippen molar-refractivity contribution in [1.82, 2.24) is 4.90 Å². The summed E-state index contributed by atoms with van der Waals surface area (Å²) < 4.78 is 7.35. The molecule has 4 nitrogen and oxygen atoms in total. The van der Waals surface area contributed by atoms with Crippen LogP contribution in [0.1, 0.15) is 16.7 Å². The minimum absolute atomic E-state index is 0.198. The number of ether oxygens (including phenoxy) is 1. The summed E-state index contributed by atoms with van der Waals surface area (Å²) in [6.45, 7) is 2.47. The van der Waals surface area contributed by atoms with Crippen molar-refractivity contribution in [2.24, 2.45) is 0 Å². The number of rotatable bonds is 5. The van der Waals surface area contributed by atoms with Crippen LogP contribution in [0.25, 0.3) is 6.08 Å². The summed E-state index contributed by atoms with van der Waals surface area (Å²) in [6.07, 6.45) is 7.00. The van der Waals surface area contributed by atoms with Gasteiger partial charge in [-0.1, -0.05) is 35.7 Å². The molecule has 0 atom stereocenters. The SMILES string of the molecule is C#CCOc1c(I)cc(C=C2SC(=O)N(Cc3ccc(C)cc3)C2=O)cc1I. The lowest BCUT2D eigenvalue weighted by molar-refractivity contribution is -0.123. The van der Waals surface area contributed by atoms with Crippen LogP contribution in [0.2, 0.25) is 0 Å². The van der Waals surface area contributed by atoms with E-state index < -0.39 is 0 Å². The molecule has 1 heterocycles. The van der Waals surface area contributed by atoms with Crippen molar-refractivity contribution in [2.45, 2.75) is 13.5 Å². The minimum atomic E-state index is -0.270. The number of halogens is 2. The number of hydrogen-bond donors (Lipinski definition) is 0. The predicted molar refractivity (Wildman–Crippen MR) is 129 cm³/mol. The van der Waals surface area contributed by atoms with E-state index in [1.165, 1.54) is 4.90 Å². The van der Waals surface area contributed by atoms with E-state index in [0.717, 1.165) is 41.3 Å². The van der Waals surface area contributed by atoms with Gasteiger partial charge in [0.05, 0.1) is 18.6 Å². The van der Waals surface area contributed by atoms with Gasteiger partial charge >= 0.3 is 0 Å². The molecule has 0 spiro atoms. The van der Waals surface area contributed by atoms with Crippen LogP contribution in [0.4, 0.5) is 4.79 Å². The van der Waals surface area contributed by atoms with E-state index in [-0.39, 0.29) is 24.3 Å². The maximum absolute atomic E-state index is 12.7. The minimum Gasteiger partial charge on any atom is -0.479 e. The van der Waals surface area contributed by atoms with E-state index in [4.69, 9.17) is 11.2 Å². The van der Waals surface area contributed by atoms with E-state index >= 15 is 0 Å². The zero-order chi connectivity index (χ0) is 20.3. The molecule has 0 unspecified atom stereocenters. The van der Waals surface area contributed by atoms with Gasteiger partial charge in [0.25, 0.3) is 11.1 Å². The molecule has 0 N–H and O–H groups in total. The second kappa shape index (κ2) is 9.33. The summed E-state index contributed by atoms with van der Waals surface area (Å²) in [5, 5.41) is -0.254. The fraction of sp³-hybridized carbons (Fsp3) is 0.143. The lowest BCUT2D eigenvalue weighted by Gasteiger charge is -2.12. The smallest absolute Gasteiger partial charge is 0.293 e. The summed E-state index contributed by atoms with van der Waals surface area (Å²) in [4.78, 5) is 26.8. The summed E-state index contributed by atoms with van der Waals surface area (Å²) >= 11 is 5.31. The van der Waals surface area contributed by atoms with Gasteiger partial charge in [-0.15, -0.1) is 6.42 Å². The number of nitrogens with zero attached hydrogens (tertiary/aromatic N) is 1. The molecule has 0 bridgehead atoms. The van der Waals surface area contributed by atoms with Crippen molar-refractivity contribution < 1.29 is 14.3 Å². The van der Waals surface area contributed by atoms with E-state index in [1.54, 1.807) is 6.08 Å². The Morgan fingerprint density at radius 3 is 2.43 bits per heavy atom. The van der Waals surface area contributed by atoms with Crippen molar-refractivity contribution in [1.29, 1.82) is 0 Å². The molecule has 1 fully saturated rings. The standard InChI is InChI=1S/C21H15I2NO3S/c1-3-8-27-19-16(22)9-15(10-17(19)23)11-18-20(25)24(21(26)28-18)12-14-6-4-13(2)5-7-14/h1,4-7,9-11H,8,12H2,2H3. The fourth-order valence-electron chi connectivity index (χ4n) is 2.58. The Balaban J connectivity index is 1.81. The quantitative estimate of drug-likeness (QED) is 0.255. The van der Waals surface area contributed by atoms with Crippen LogP contribution < -0.4 is 4.74 Å². The normalized spacial score (nSPS) is 15.2. The molecular formula is C21H15I2NO3S. The van der Waals surface area contributed by atoms with E-state index in [1.807, 2.05) is 43.3 Å². The van der Waals surface area contributed by atoms with Gasteiger partial charge in [-0.25, -0.2) is 0 Å². The number of benzene rings is 2. The molecule has 0 aliphatic carbocycles. The summed E-state index contributed by atoms with van der Waals surface area (Å²) in [7, 11) is 0. The maximum atomic E-state index is 12.7. The van der Waals surface area contributed by atoms with Crippen LogP contribution in [-0.4, -0.2) is 22.7 Å². The Kier molecular flexibility index (Phi) is 7.06. The van der Waals surface area contributed by atoms with Crippen molar-refractivity contribution in [3.8, 4) is 18.1 Å². The highest BCUT2D eigenvalue weighted by Gasteiger charge is 2.35. The summed E-state index contributed by atoms with van der Waals surface area (Å²) in [5.74, 6) is 2.91. The van der Waals surface area contributed by atoms with Gasteiger partial charge in [-0.05, 0) is 93.2 Å². The number of terminal acetylenes is 1. The van der Waals surface area contributed by atoms with Gasteiger partial charge in [0.1, 0.15) is 12.4 Å². The van der Waals surface area contributed by atoms with Crippen LogP contribution in [0.15, 0.2) is 41.3 Å². The number of imide groups is 1. The van der Waals surface area contributed by atoms with Crippen molar-refractivity contribution in [3.05, 3.63) is 65.1 Å². The molecule has 1 aliphatic heterocycles. The lowest BCUT2D eigenvalue weighted by Crippen LogP contribution is -2.27. The Morgan fingerprint density at radius 1 is 1.18 bits per heavy atom. The van der Waals surface area contributed by atoms with Gasteiger partial charge in [-0.2, -0.15) is 0 Å². The first kappa shape index (κ1) is 21.2. The molecule has 2 aromatic rings. The van der Waals surface area contributed by atoms with Crippen LogP contribution in [0.3, 0.4) is 0 Å². The predicted octanol–water partition coefficient (Wildman–Crippen LogP) is 5.45. The highest BCUT2D eigenvalue weighted by molar-refractivity contribution is 14.1. The van der Waals surface area contributed by atoms with E-state index in [9.17, 15) is 9.59 Å². The Morgan fingerprint density at radius 2 is 1.82 bits per heavy atom. The van der Waals surface area contributed by atoms with E-state index in [2.05, 4.69) is 51.1 Å². The van der Waals surface area contributed by atoms with Crippen molar-refractivity contribution in [2.75, 3.05) is 6.61 Å². The zero-order valence-electron chi connectivity index (χ0n) is 14.9. The van der Waals surface area contributed by atoms with Crippen LogP contribution >= 0.6 is 56.9 Å². The molecule has 2 amide bonds. The Hall–Kier alpha value is -1.51. The molecule has 28 heavy (non-hydrogen) atoms. The van der Waals surface area contributed by atoms with Gasteiger partial charge in [0.2, 0.25) is 0 Å². The zero-order valence-corrected chi connectivity index (χ0v) is 20.0. The summed E-state index contributed by atoms with van der Waals surface area (Å²) in [5.41, 5.74) is 2.90. The molecule has 142 valence electrons. The fourth-order valence-corrected chi connectivity index (χ4v) is 5.54. The maximum Gasteiger partial charge on any atom is 0.293 e. The number of thioether (sulfide) groups is 1. The van der Waals surface area contributed by atoms with Crippen LogP contribution in [0.5, 0.6) is 5.75 Å². The first-order chi connectivity index (χ1) is 13.4. The number of carbonyl (C=O) groups excluding carboxylic acids is 2. The van der Waals surface area contributed by atoms with Gasteiger partial charge < -0.3 is 4.74 Å². The molecular weight excluding hydrogens is 600 g/mol. The first-order valence-corrected chi connectivity index (χ1v) is 11.2. The van der Waals surface area contributed by atoms with Crippen LogP contribution in [-0.2, 0) is 11.3 Å². The molecule has 1 saturated heterocycles. The second-order valence-electron chi connectivity index (χ2n) is 6.06. The second-order valence-corrected chi connectivity index (χ2v) is 9.38. The van der Waals surface area contributed by atoms with Gasteiger partial charge in [0.15, 0.2) is 0 Å². The Labute approximate surface area is 195 Å². The van der Waals surface area contributed by atoms with Gasteiger partial charge in [0, 0.05) is 0 Å². The number of amides is 2. The topological polar surface area (TPSA) is 46.6 Å². The summed E-state index contributed by atoms with van der Waals surface area (Å²) in [6, 6.07) is 11.6. The average molecular weight is 615 g/mol. The van der Waals surface area contributed by atoms with Crippen molar-refractivity contribution in [3.63, 3.8) is 0 Å². The third kappa shape index (κ3) is 4.90. The van der Waals surface area contributed by atoms with Gasteiger partial charge in [-0.3, -0.25) is 14.5 Å². The highest BCUT2D eigenvalue weighted by Crippen LogP contribution is 2.35. The monoisotopic (exact) mass is 615 g/mol. The Bertz CT molecular complexity index is 986. The van der Waals surface area contributed by atoms with Crippen LogP contribution in [0, 0.1) is 26.4 Å². The molecule has 7 heteroatoms. The largest absolute Gasteiger partial charge is 0.479 e. The number of aryl methyl sites for hydroxylation is 1. The molecule has 0 saturated carbocycles. The lowest BCUT2D eigenvalue weighted by atomic mass is 10.1. The average Bonchev–Trinajstić information content (AvgIpc) is 2.90. The van der Waals surface area contributed by atoms with Crippen molar-refractivity contribution >= 4 is 74.2 Å². The van der Waals surface area contributed by atoms with E-state index in [0.29, 0.717) is 4.91 Å².